The number of rotatable bonds is 7. The molecule has 29 heavy (non-hydrogen) atoms. The molecule has 0 saturated heterocycles. The summed E-state index contributed by atoms with van der Waals surface area (Å²) in [6, 6.07) is 16.5. The van der Waals surface area contributed by atoms with Crippen molar-refractivity contribution in [2.75, 3.05) is 0 Å². The lowest BCUT2D eigenvalue weighted by atomic mass is 9.97. The number of pyridine rings is 1. The third-order valence-corrected chi connectivity index (χ3v) is 6.32. The van der Waals surface area contributed by atoms with Crippen LogP contribution in [0.4, 0.5) is 0 Å². The minimum absolute atomic E-state index is 0.131. The van der Waals surface area contributed by atoms with E-state index in [-0.39, 0.29) is 5.92 Å². The van der Waals surface area contributed by atoms with Gasteiger partial charge in [-0.1, -0.05) is 48.9 Å². The van der Waals surface area contributed by atoms with Crippen molar-refractivity contribution in [1.82, 2.24) is 19.7 Å². The molecule has 0 bridgehead atoms. The van der Waals surface area contributed by atoms with Crippen molar-refractivity contribution in [2.45, 2.75) is 39.2 Å². The molecule has 0 spiro atoms. The Morgan fingerprint density at radius 1 is 1.10 bits per heavy atom. The highest BCUT2D eigenvalue weighted by Gasteiger charge is 2.21. The lowest BCUT2D eigenvalue weighted by Gasteiger charge is -2.15. The summed E-state index contributed by atoms with van der Waals surface area (Å²) in [5.74, 6) is 1.86. The number of aromatic nitrogens is 4. The summed E-state index contributed by atoms with van der Waals surface area (Å²) in [6.45, 7) is 5.10. The number of benzene rings is 1. The van der Waals surface area contributed by atoms with Gasteiger partial charge in [0.2, 0.25) is 0 Å². The van der Waals surface area contributed by atoms with Crippen LogP contribution < -0.4 is 0 Å². The fourth-order valence-electron chi connectivity index (χ4n) is 3.56. The van der Waals surface area contributed by atoms with Gasteiger partial charge in [0.1, 0.15) is 5.82 Å². The van der Waals surface area contributed by atoms with E-state index in [0.717, 1.165) is 40.2 Å². The van der Waals surface area contributed by atoms with Crippen LogP contribution in [0.3, 0.4) is 0 Å². The van der Waals surface area contributed by atoms with Crippen molar-refractivity contribution >= 4 is 22.9 Å². The van der Waals surface area contributed by atoms with E-state index in [0.29, 0.717) is 0 Å². The monoisotopic (exact) mass is 422 g/mol. The topological polar surface area (TPSA) is 43.6 Å². The Bertz CT molecular complexity index is 1090. The number of thiophene rings is 1. The van der Waals surface area contributed by atoms with E-state index < -0.39 is 0 Å². The second-order valence-corrected chi connectivity index (χ2v) is 8.88. The lowest BCUT2D eigenvalue weighted by molar-refractivity contribution is 0.541. The molecule has 0 fully saturated rings. The van der Waals surface area contributed by atoms with Gasteiger partial charge in [-0.2, -0.15) is 0 Å². The first-order chi connectivity index (χ1) is 14.1. The van der Waals surface area contributed by atoms with E-state index in [1.165, 1.54) is 28.0 Å². The van der Waals surface area contributed by atoms with Gasteiger partial charge in [0, 0.05) is 24.9 Å². The molecular formula is C23H23ClN4S. The highest BCUT2D eigenvalue weighted by Crippen LogP contribution is 2.32. The standard InChI is InChI=1S/C23H23ClN4S/c1-16-15-25-13-12-19(16)17(2)23-26-22(20-10-11-21(24)29-20)27-28(23)14-6-9-18-7-4-3-5-8-18/h3-5,7-8,10-13,15,17H,6,9,14H2,1-2H3. The predicted molar refractivity (Wildman–Crippen MR) is 120 cm³/mol. The fraction of sp³-hybridized carbons (Fsp3) is 0.261. The molecule has 6 heteroatoms. The molecule has 0 saturated carbocycles. The highest BCUT2D eigenvalue weighted by molar-refractivity contribution is 7.19. The Morgan fingerprint density at radius 2 is 1.93 bits per heavy atom. The molecule has 0 amide bonds. The molecule has 3 heterocycles. The smallest absolute Gasteiger partial charge is 0.191 e. The average molecular weight is 423 g/mol. The molecule has 3 aromatic heterocycles. The van der Waals surface area contributed by atoms with E-state index in [9.17, 15) is 0 Å². The van der Waals surface area contributed by atoms with Gasteiger partial charge in [0.05, 0.1) is 9.21 Å². The van der Waals surface area contributed by atoms with Crippen LogP contribution in [0, 0.1) is 6.92 Å². The molecule has 4 aromatic rings. The van der Waals surface area contributed by atoms with Crippen LogP contribution in [-0.2, 0) is 13.0 Å². The van der Waals surface area contributed by atoms with Gasteiger partial charge < -0.3 is 0 Å². The molecule has 0 radical (unpaired) electrons. The minimum atomic E-state index is 0.131. The first kappa shape index (κ1) is 19.8. The number of halogens is 1. The van der Waals surface area contributed by atoms with Crippen LogP contribution in [0.5, 0.6) is 0 Å². The molecular weight excluding hydrogens is 400 g/mol. The average Bonchev–Trinajstić information content (AvgIpc) is 3.35. The van der Waals surface area contributed by atoms with Gasteiger partial charge in [-0.3, -0.25) is 4.98 Å². The van der Waals surface area contributed by atoms with Crippen LogP contribution in [0.15, 0.2) is 60.9 Å². The minimum Gasteiger partial charge on any atom is -0.264 e. The summed E-state index contributed by atoms with van der Waals surface area (Å²) in [7, 11) is 0. The maximum Gasteiger partial charge on any atom is 0.191 e. The summed E-state index contributed by atoms with van der Waals surface area (Å²) < 4.78 is 2.82. The second-order valence-electron chi connectivity index (χ2n) is 7.16. The van der Waals surface area contributed by atoms with Crippen molar-refractivity contribution in [1.29, 1.82) is 0 Å². The number of hydrogen-bond donors (Lipinski definition) is 0. The van der Waals surface area contributed by atoms with Crippen LogP contribution in [-0.4, -0.2) is 19.7 Å². The Morgan fingerprint density at radius 3 is 2.66 bits per heavy atom. The van der Waals surface area contributed by atoms with E-state index in [4.69, 9.17) is 21.7 Å². The van der Waals surface area contributed by atoms with Gasteiger partial charge in [-0.05, 0) is 54.7 Å². The van der Waals surface area contributed by atoms with Crippen LogP contribution >= 0.6 is 22.9 Å². The van der Waals surface area contributed by atoms with Crippen LogP contribution in [0.25, 0.3) is 10.7 Å². The zero-order valence-corrected chi connectivity index (χ0v) is 18.1. The SMILES string of the molecule is Cc1cnccc1C(C)c1nc(-c2ccc(Cl)s2)nn1CCCc1ccccc1. The van der Waals surface area contributed by atoms with Gasteiger partial charge in [0.25, 0.3) is 0 Å². The molecule has 4 nitrogen and oxygen atoms in total. The van der Waals surface area contributed by atoms with Gasteiger partial charge in [-0.15, -0.1) is 16.4 Å². The molecule has 4 rings (SSSR count). The maximum absolute atomic E-state index is 6.14. The summed E-state index contributed by atoms with van der Waals surface area (Å²) in [5.41, 5.74) is 3.74. The molecule has 1 aromatic carbocycles. The van der Waals surface area contributed by atoms with Crippen molar-refractivity contribution < 1.29 is 0 Å². The van der Waals surface area contributed by atoms with E-state index in [1.54, 1.807) is 0 Å². The first-order valence-electron chi connectivity index (χ1n) is 9.76. The van der Waals surface area contributed by atoms with Crippen molar-refractivity contribution in [3.05, 3.63) is 87.8 Å². The summed E-state index contributed by atoms with van der Waals surface area (Å²) >= 11 is 7.65. The normalized spacial score (nSPS) is 12.2. The summed E-state index contributed by atoms with van der Waals surface area (Å²) in [5, 5.41) is 4.84. The van der Waals surface area contributed by atoms with E-state index in [1.807, 2.05) is 24.5 Å². The lowest BCUT2D eigenvalue weighted by Crippen LogP contribution is -2.11. The molecule has 0 aliphatic carbocycles. The van der Waals surface area contributed by atoms with Crippen molar-refractivity contribution in [3.8, 4) is 10.7 Å². The summed E-state index contributed by atoms with van der Waals surface area (Å²) in [6.07, 6.45) is 5.77. The van der Waals surface area contributed by atoms with E-state index >= 15 is 0 Å². The fourth-order valence-corrected chi connectivity index (χ4v) is 4.54. The quantitative estimate of drug-likeness (QED) is 0.359. The van der Waals surface area contributed by atoms with Gasteiger partial charge >= 0.3 is 0 Å². The molecule has 0 N–H and O–H groups in total. The second kappa shape index (κ2) is 8.89. The maximum atomic E-state index is 6.14. The van der Waals surface area contributed by atoms with Gasteiger partial charge in [-0.25, -0.2) is 9.67 Å². The predicted octanol–water partition coefficient (Wildman–Crippen LogP) is 6.15. The Hall–Kier alpha value is -2.50. The van der Waals surface area contributed by atoms with Crippen LogP contribution in [0.2, 0.25) is 4.34 Å². The van der Waals surface area contributed by atoms with E-state index in [2.05, 4.69) is 59.9 Å². The number of hydrogen-bond acceptors (Lipinski definition) is 4. The molecule has 1 atom stereocenters. The highest BCUT2D eigenvalue weighted by atomic mass is 35.5. The largest absolute Gasteiger partial charge is 0.264 e. The molecule has 148 valence electrons. The zero-order valence-electron chi connectivity index (χ0n) is 16.5. The third-order valence-electron chi connectivity index (χ3n) is 5.09. The summed E-state index contributed by atoms with van der Waals surface area (Å²) in [4.78, 5) is 10.1. The first-order valence-corrected chi connectivity index (χ1v) is 11.0. The van der Waals surface area contributed by atoms with Crippen molar-refractivity contribution in [2.24, 2.45) is 0 Å². The Balaban J connectivity index is 1.62. The number of aryl methyl sites for hydroxylation is 3. The van der Waals surface area contributed by atoms with Gasteiger partial charge in [0.15, 0.2) is 5.82 Å². The zero-order chi connectivity index (χ0) is 20.2. The Labute approximate surface area is 180 Å². The Kier molecular flexibility index (Phi) is 6.07. The molecule has 0 aliphatic heterocycles. The van der Waals surface area contributed by atoms with Crippen molar-refractivity contribution in [3.63, 3.8) is 0 Å². The third kappa shape index (κ3) is 4.57. The number of nitrogens with zero attached hydrogens (tertiary/aromatic N) is 4. The van der Waals surface area contributed by atoms with Crippen LogP contribution in [0.1, 0.15) is 41.8 Å². The molecule has 0 aliphatic rings. The molecule has 1 unspecified atom stereocenters.